The maximum atomic E-state index is 11.4. The van der Waals surface area contributed by atoms with Crippen molar-refractivity contribution in [2.45, 2.75) is 32.8 Å². The van der Waals surface area contributed by atoms with Crippen LogP contribution >= 0.6 is 0 Å². The summed E-state index contributed by atoms with van der Waals surface area (Å²) in [6.45, 7) is 5.95. The molecular weight excluding hydrogens is 266 g/mol. The zero-order valence-electron chi connectivity index (χ0n) is 12.5. The van der Waals surface area contributed by atoms with E-state index in [0.29, 0.717) is 13.0 Å². The Morgan fingerprint density at radius 3 is 3.00 bits per heavy atom. The van der Waals surface area contributed by atoms with Gasteiger partial charge in [0.05, 0.1) is 17.3 Å². The Labute approximate surface area is 124 Å². The first kappa shape index (κ1) is 14.9. The van der Waals surface area contributed by atoms with Gasteiger partial charge in [-0.1, -0.05) is 24.0 Å². The van der Waals surface area contributed by atoms with Crippen molar-refractivity contribution in [1.82, 2.24) is 15.5 Å². The van der Waals surface area contributed by atoms with Gasteiger partial charge in [0, 0.05) is 18.4 Å². The molecule has 0 fully saturated rings. The molecule has 1 amide bonds. The normalized spacial score (nSPS) is 10.8. The van der Waals surface area contributed by atoms with Crippen molar-refractivity contribution < 1.29 is 9.53 Å². The molecule has 2 rings (SSSR count). The van der Waals surface area contributed by atoms with Crippen LogP contribution in [0.4, 0.5) is 4.79 Å². The molecular formula is C16H19N3O2. The van der Waals surface area contributed by atoms with Crippen molar-refractivity contribution in [2.75, 3.05) is 6.54 Å². The second-order valence-corrected chi connectivity index (χ2v) is 5.62. The summed E-state index contributed by atoms with van der Waals surface area (Å²) >= 11 is 0. The minimum absolute atomic E-state index is 0.417. The number of aromatic amines is 1. The van der Waals surface area contributed by atoms with Crippen molar-refractivity contribution in [1.29, 1.82) is 0 Å². The summed E-state index contributed by atoms with van der Waals surface area (Å²) < 4.78 is 5.14. The van der Waals surface area contributed by atoms with Crippen LogP contribution in [0.3, 0.4) is 0 Å². The highest BCUT2D eigenvalue weighted by molar-refractivity contribution is 5.83. The Kier molecular flexibility index (Phi) is 4.49. The van der Waals surface area contributed by atoms with E-state index < -0.39 is 11.7 Å². The largest absolute Gasteiger partial charge is 0.444 e. The molecule has 1 aromatic carbocycles. The number of hydrogen-bond acceptors (Lipinski definition) is 3. The highest BCUT2D eigenvalue weighted by atomic mass is 16.6. The van der Waals surface area contributed by atoms with E-state index in [0.717, 1.165) is 16.5 Å². The quantitative estimate of drug-likeness (QED) is 0.658. The summed E-state index contributed by atoms with van der Waals surface area (Å²) in [5, 5.41) is 10.6. The fourth-order valence-electron chi connectivity index (χ4n) is 1.77. The third-order valence-corrected chi connectivity index (χ3v) is 2.62. The highest BCUT2D eigenvalue weighted by Crippen LogP contribution is 2.14. The average Bonchev–Trinajstić information content (AvgIpc) is 2.85. The van der Waals surface area contributed by atoms with E-state index in [-0.39, 0.29) is 0 Å². The molecule has 2 aromatic rings. The number of H-pyrrole nitrogens is 1. The van der Waals surface area contributed by atoms with Crippen LogP contribution in [0.25, 0.3) is 10.9 Å². The van der Waals surface area contributed by atoms with Gasteiger partial charge >= 0.3 is 6.09 Å². The average molecular weight is 285 g/mol. The van der Waals surface area contributed by atoms with Gasteiger partial charge in [0.25, 0.3) is 0 Å². The second-order valence-electron chi connectivity index (χ2n) is 5.62. The zero-order valence-corrected chi connectivity index (χ0v) is 12.5. The summed E-state index contributed by atoms with van der Waals surface area (Å²) in [5.41, 5.74) is 1.36. The van der Waals surface area contributed by atoms with E-state index >= 15 is 0 Å². The predicted octanol–water partition coefficient (Wildman–Crippen LogP) is 2.83. The number of para-hydroxylation sites is 1. The maximum Gasteiger partial charge on any atom is 0.407 e. The Morgan fingerprint density at radius 2 is 2.24 bits per heavy atom. The van der Waals surface area contributed by atoms with Gasteiger partial charge in [0.2, 0.25) is 0 Å². The molecule has 2 N–H and O–H groups in total. The lowest BCUT2D eigenvalue weighted by molar-refractivity contribution is 0.0529. The fourth-order valence-corrected chi connectivity index (χ4v) is 1.77. The van der Waals surface area contributed by atoms with E-state index in [2.05, 4.69) is 27.4 Å². The Balaban J connectivity index is 1.85. The number of carbonyl (C=O) groups is 1. The lowest BCUT2D eigenvalue weighted by Crippen LogP contribution is -2.32. The summed E-state index contributed by atoms with van der Waals surface area (Å²) in [6.07, 6.45) is 1.91. The van der Waals surface area contributed by atoms with E-state index in [1.54, 1.807) is 6.20 Å². The Bertz CT molecular complexity index is 687. The summed E-state index contributed by atoms with van der Waals surface area (Å²) in [5.74, 6) is 6.12. The van der Waals surface area contributed by atoms with Crippen molar-refractivity contribution >= 4 is 17.0 Å². The molecule has 0 aliphatic rings. The van der Waals surface area contributed by atoms with Gasteiger partial charge in [0.15, 0.2) is 0 Å². The van der Waals surface area contributed by atoms with Gasteiger partial charge in [0.1, 0.15) is 5.60 Å². The van der Waals surface area contributed by atoms with Crippen molar-refractivity contribution in [3.63, 3.8) is 0 Å². The smallest absolute Gasteiger partial charge is 0.407 e. The van der Waals surface area contributed by atoms with Gasteiger partial charge in [-0.25, -0.2) is 4.79 Å². The van der Waals surface area contributed by atoms with Crippen LogP contribution in [0.5, 0.6) is 0 Å². The molecule has 0 spiro atoms. The molecule has 1 aromatic heterocycles. The monoisotopic (exact) mass is 285 g/mol. The molecule has 21 heavy (non-hydrogen) atoms. The van der Waals surface area contributed by atoms with Crippen LogP contribution in [-0.4, -0.2) is 28.4 Å². The maximum absolute atomic E-state index is 11.4. The molecule has 0 atom stereocenters. The van der Waals surface area contributed by atoms with Crippen molar-refractivity contribution in [3.8, 4) is 11.8 Å². The molecule has 0 radical (unpaired) electrons. The molecule has 5 heteroatoms. The molecule has 110 valence electrons. The van der Waals surface area contributed by atoms with Gasteiger partial charge in [-0.3, -0.25) is 5.10 Å². The van der Waals surface area contributed by atoms with E-state index in [4.69, 9.17) is 4.74 Å². The lowest BCUT2D eigenvalue weighted by atomic mass is 10.1. The van der Waals surface area contributed by atoms with Gasteiger partial charge in [-0.2, -0.15) is 5.10 Å². The number of nitrogens with one attached hydrogen (secondary N) is 2. The number of hydrogen-bond donors (Lipinski definition) is 2. The molecule has 0 aliphatic heterocycles. The third kappa shape index (κ3) is 4.53. The number of benzene rings is 1. The number of amides is 1. The number of rotatable bonds is 2. The van der Waals surface area contributed by atoms with Gasteiger partial charge in [-0.15, -0.1) is 0 Å². The van der Waals surface area contributed by atoms with Gasteiger partial charge < -0.3 is 10.1 Å². The van der Waals surface area contributed by atoms with E-state index in [9.17, 15) is 4.79 Å². The van der Waals surface area contributed by atoms with Crippen LogP contribution in [0, 0.1) is 11.8 Å². The van der Waals surface area contributed by atoms with Crippen LogP contribution in [-0.2, 0) is 4.74 Å². The molecule has 5 nitrogen and oxygen atoms in total. The Hall–Kier alpha value is -2.48. The van der Waals surface area contributed by atoms with Crippen LogP contribution in [0.2, 0.25) is 0 Å². The summed E-state index contributed by atoms with van der Waals surface area (Å²) in [4.78, 5) is 11.4. The number of fused-ring (bicyclic) bond motifs is 1. The number of carbonyl (C=O) groups excluding carboxylic acids is 1. The summed E-state index contributed by atoms with van der Waals surface area (Å²) in [6, 6.07) is 5.86. The summed E-state index contributed by atoms with van der Waals surface area (Å²) in [7, 11) is 0. The van der Waals surface area contributed by atoms with Crippen LogP contribution < -0.4 is 5.32 Å². The number of nitrogens with zero attached hydrogens (tertiary/aromatic N) is 1. The molecule has 0 bridgehead atoms. The molecule has 0 saturated heterocycles. The van der Waals surface area contributed by atoms with Crippen molar-refractivity contribution in [2.24, 2.45) is 0 Å². The minimum atomic E-state index is -0.480. The SMILES string of the molecule is CC(C)(C)OC(=O)NCCC#Cc1cccc2cn[nH]c12. The first-order chi connectivity index (χ1) is 9.96. The second kappa shape index (κ2) is 6.31. The predicted molar refractivity (Wildman–Crippen MR) is 81.8 cm³/mol. The van der Waals surface area contributed by atoms with Crippen LogP contribution in [0.1, 0.15) is 32.8 Å². The Morgan fingerprint density at radius 1 is 1.43 bits per heavy atom. The standard InChI is InChI=1S/C16H19N3O2/c1-16(2,3)21-15(20)17-10-5-4-7-12-8-6-9-13-11-18-19-14(12)13/h6,8-9,11H,5,10H2,1-3H3,(H,17,20)(H,18,19). The van der Waals surface area contributed by atoms with E-state index in [1.165, 1.54) is 0 Å². The first-order valence-electron chi connectivity index (χ1n) is 6.83. The fraction of sp³-hybridized carbons (Fsp3) is 0.375. The van der Waals surface area contributed by atoms with Gasteiger partial charge in [-0.05, 0) is 26.8 Å². The van der Waals surface area contributed by atoms with Crippen molar-refractivity contribution in [3.05, 3.63) is 30.0 Å². The molecule has 0 aliphatic carbocycles. The number of alkyl carbamates (subject to hydrolysis) is 1. The van der Waals surface area contributed by atoms with Crippen LogP contribution in [0.15, 0.2) is 24.4 Å². The zero-order chi connectivity index (χ0) is 15.3. The molecule has 0 unspecified atom stereocenters. The highest BCUT2D eigenvalue weighted by Gasteiger charge is 2.15. The molecule has 0 saturated carbocycles. The van der Waals surface area contributed by atoms with E-state index in [1.807, 2.05) is 39.0 Å². The minimum Gasteiger partial charge on any atom is -0.444 e. The number of ether oxygens (including phenoxy) is 1. The lowest BCUT2D eigenvalue weighted by Gasteiger charge is -2.19. The number of aromatic nitrogens is 2. The molecule has 1 heterocycles. The first-order valence-corrected chi connectivity index (χ1v) is 6.83. The third-order valence-electron chi connectivity index (χ3n) is 2.62. The topological polar surface area (TPSA) is 67.0 Å².